The fourth-order valence-corrected chi connectivity index (χ4v) is 3.53. The molecule has 6 nitrogen and oxygen atoms in total. The first-order chi connectivity index (χ1) is 11.6. The molecule has 0 aliphatic carbocycles. The standard InChI is InChI=1S/C15H22F3N3O3S/c1-10(8-21-3-5-24-6-4-21)19-12(22)7-14(23,15(16,17)18)13-20-11(2)9-25-13/h9-10,23H,3-8H2,1-2H3,(H,19,22). The molecule has 0 aromatic carbocycles. The predicted molar refractivity (Wildman–Crippen MR) is 86.3 cm³/mol. The molecule has 1 fully saturated rings. The molecular weight excluding hydrogens is 359 g/mol. The fraction of sp³-hybridized carbons (Fsp3) is 0.733. The van der Waals surface area contributed by atoms with Crippen molar-refractivity contribution in [3.8, 4) is 0 Å². The molecule has 2 rings (SSSR count). The number of rotatable bonds is 6. The Morgan fingerprint density at radius 2 is 2.12 bits per heavy atom. The van der Waals surface area contributed by atoms with Crippen LogP contribution >= 0.6 is 11.3 Å². The molecule has 142 valence electrons. The minimum absolute atomic E-state index is 0.346. The molecule has 10 heteroatoms. The zero-order valence-corrected chi connectivity index (χ0v) is 14.9. The first-order valence-corrected chi connectivity index (χ1v) is 8.81. The molecule has 1 aliphatic heterocycles. The van der Waals surface area contributed by atoms with Crippen LogP contribution < -0.4 is 5.32 Å². The molecule has 2 atom stereocenters. The van der Waals surface area contributed by atoms with Gasteiger partial charge in [0.1, 0.15) is 5.01 Å². The number of carbonyl (C=O) groups excluding carboxylic acids is 1. The SMILES string of the molecule is Cc1csc(C(O)(CC(=O)NC(C)CN2CCOCC2)C(F)(F)F)n1. The topological polar surface area (TPSA) is 74.7 Å². The molecule has 1 saturated heterocycles. The average molecular weight is 381 g/mol. The Kier molecular flexibility index (Phi) is 6.41. The highest BCUT2D eigenvalue weighted by atomic mass is 32.1. The lowest BCUT2D eigenvalue weighted by molar-refractivity contribution is -0.267. The van der Waals surface area contributed by atoms with Gasteiger partial charge in [-0.2, -0.15) is 13.2 Å². The largest absolute Gasteiger partial charge is 0.424 e. The molecule has 0 saturated carbocycles. The number of hydrogen-bond acceptors (Lipinski definition) is 6. The zero-order chi connectivity index (χ0) is 18.7. The minimum Gasteiger partial charge on any atom is -0.379 e. The van der Waals surface area contributed by atoms with Gasteiger partial charge in [-0.05, 0) is 13.8 Å². The van der Waals surface area contributed by atoms with Crippen LogP contribution in [-0.4, -0.2) is 66.0 Å². The molecular formula is C15H22F3N3O3S. The maximum atomic E-state index is 13.4. The van der Waals surface area contributed by atoms with Crippen molar-refractivity contribution in [2.45, 2.75) is 38.1 Å². The number of nitrogens with one attached hydrogen (secondary N) is 1. The van der Waals surface area contributed by atoms with E-state index in [-0.39, 0.29) is 6.04 Å². The van der Waals surface area contributed by atoms with Crippen molar-refractivity contribution >= 4 is 17.2 Å². The summed E-state index contributed by atoms with van der Waals surface area (Å²) in [5, 5.41) is 13.6. The van der Waals surface area contributed by atoms with Crippen molar-refractivity contribution < 1.29 is 27.8 Å². The highest BCUT2D eigenvalue weighted by molar-refractivity contribution is 7.09. The summed E-state index contributed by atoms with van der Waals surface area (Å²) in [7, 11) is 0. The highest BCUT2D eigenvalue weighted by Crippen LogP contribution is 2.42. The van der Waals surface area contributed by atoms with Crippen LogP contribution in [0, 0.1) is 6.92 Å². The quantitative estimate of drug-likeness (QED) is 0.780. The van der Waals surface area contributed by atoms with E-state index in [1.54, 1.807) is 6.92 Å². The third-order valence-electron chi connectivity index (χ3n) is 3.90. The first-order valence-electron chi connectivity index (χ1n) is 7.93. The van der Waals surface area contributed by atoms with Gasteiger partial charge in [-0.25, -0.2) is 4.98 Å². The Hall–Kier alpha value is -1.23. The highest BCUT2D eigenvalue weighted by Gasteiger charge is 2.58. The summed E-state index contributed by atoms with van der Waals surface area (Å²) >= 11 is 0.689. The number of hydrogen-bond donors (Lipinski definition) is 2. The number of thiazole rings is 1. The van der Waals surface area contributed by atoms with E-state index in [0.717, 1.165) is 0 Å². The smallest absolute Gasteiger partial charge is 0.379 e. The second-order valence-electron chi connectivity index (χ2n) is 6.21. The van der Waals surface area contributed by atoms with Crippen LogP contribution in [0.25, 0.3) is 0 Å². The number of carbonyl (C=O) groups is 1. The molecule has 2 N–H and O–H groups in total. The summed E-state index contributed by atoms with van der Waals surface area (Å²) in [5.41, 5.74) is -2.92. The van der Waals surface area contributed by atoms with E-state index < -0.39 is 29.1 Å². The van der Waals surface area contributed by atoms with Gasteiger partial charge < -0.3 is 15.2 Å². The van der Waals surface area contributed by atoms with Crippen LogP contribution in [0.3, 0.4) is 0 Å². The number of ether oxygens (including phenoxy) is 1. The lowest BCUT2D eigenvalue weighted by Crippen LogP contribution is -2.50. The number of morpholine rings is 1. The maximum Gasteiger partial charge on any atom is 0.424 e. The number of aliphatic hydroxyl groups is 1. The molecule has 1 aliphatic rings. The van der Waals surface area contributed by atoms with Crippen molar-refractivity contribution in [1.29, 1.82) is 0 Å². The first kappa shape index (κ1) is 20.1. The van der Waals surface area contributed by atoms with Crippen LogP contribution in [0.2, 0.25) is 0 Å². The van der Waals surface area contributed by atoms with Gasteiger partial charge in [-0.3, -0.25) is 9.69 Å². The van der Waals surface area contributed by atoms with E-state index in [1.807, 2.05) is 0 Å². The van der Waals surface area contributed by atoms with E-state index in [4.69, 9.17) is 4.74 Å². The second-order valence-corrected chi connectivity index (χ2v) is 7.07. The number of aromatic nitrogens is 1. The van der Waals surface area contributed by atoms with Crippen LogP contribution in [0.5, 0.6) is 0 Å². The van der Waals surface area contributed by atoms with E-state index in [0.29, 0.717) is 49.9 Å². The molecule has 0 radical (unpaired) electrons. The summed E-state index contributed by atoms with van der Waals surface area (Å²) in [4.78, 5) is 17.9. The van der Waals surface area contributed by atoms with Gasteiger partial charge in [-0.1, -0.05) is 0 Å². The molecule has 2 unspecified atom stereocenters. The summed E-state index contributed by atoms with van der Waals surface area (Å²) in [6, 6.07) is -0.346. The van der Waals surface area contributed by atoms with Gasteiger partial charge in [0, 0.05) is 36.8 Å². The Balaban J connectivity index is 1.99. The van der Waals surface area contributed by atoms with Crippen LogP contribution in [0.4, 0.5) is 13.2 Å². The Morgan fingerprint density at radius 1 is 1.48 bits per heavy atom. The molecule has 2 heterocycles. The third kappa shape index (κ3) is 5.13. The summed E-state index contributed by atoms with van der Waals surface area (Å²) in [6.07, 6.45) is -6.11. The van der Waals surface area contributed by atoms with E-state index in [9.17, 15) is 23.1 Å². The number of halogens is 3. The molecule has 1 amide bonds. The van der Waals surface area contributed by atoms with Crippen molar-refractivity contribution in [2.24, 2.45) is 0 Å². The summed E-state index contributed by atoms with van der Waals surface area (Å²) < 4.78 is 45.4. The van der Waals surface area contributed by atoms with Crippen LogP contribution in [-0.2, 0) is 15.1 Å². The van der Waals surface area contributed by atoms with Crippen LogP contribution in [0.1, 0.15) is 24.0 Å². The number of alkyl halides is 3. The number of amides is 1. The normalized spacial score (nSPS) is 20.1. The van der Waals surface area contributed by atoms with E-state index >= 15 is 0 Å². The molecule has 25 heavy (non-hydrogen) atoms. The Morgan fingerprint density at radius 3 is 2.64 bits per heavy atom. The van der Waals surface area contributed by atoms with Crippen molar-refractivity contribution in [3.05, 3.63) is 16.1 Å². The summed E-state index contributed by atoms with van der Waals surface area (Å²) in [6.45, 7) is 6.37. The van der Waals surface area contributed by atoms with Crippen molar-refractivity contribution in [1.82, 2.24) is 15.2 Å². The average Bonchev–Trinajstić information content (AvgIpc) is 2.93. The van der Waals surface area contributed by atoms with Crippen LogP contribution in [0.15, 0.2) is 5.38 Å². The van der Waals surface area contributed by atoms with Gasteiger partial charge >= 0.3 is 6.18 Å². The minimum atomic E-state index is -5.00. The van der Waals surface area contributed by atoms with Gasteiger partial charge in [-0.15, -0.1) is 11.3 Å². The fourth-order valence-electron chi connectivity index (χ4n) is 2.62. The van der Waals surface area contributed by atoms with Gasteiger partial charge in [0.25, 0.3) is 0 Å². The molecule has 0 bridgehead atoms. The lowest BCUT2D eigenvalue weighted by atomic mass is 9.99. The predicted octanol–water partition coefficient (Wildman–Crippen LogP) is 1.43. The van der Waals surface area contributed by atoms with Gasteiger partial charge in [0.2, 0.25) is 11.5 Å². The van der Waals surface area contributed by atoms with Gasteiger partial charge in [0.15, 0.2) is 0 Å². The van der Waals surface area contributed by atoms with E-state index in [1.165, 1.54) is 12.3 Å². The second kappa shape index (κ2) is 7.98. The van der Waals surface area contributed by atoms with Crippen molar-refractivity contribution in [3.63, 3.8) is 0 Å². The summed E-state index contributed by atoms with van der Waals surface area (Å²) in [5.74, 6) is -0.867. The maximum absolute atomic E-state index is 13.4. The van der Waals surface area contributed by atoms with E-state index in [2.05, 4.69) is 15.2 Å². The third-order valence-corrected chi connectivity index (χ3v) is 5.01. The Labute approximate surface area is 148 Å². The lowest BCUT2D eigenvalue weighted by Gasteiger charge is -2.31. The zero-order valence-electron chi connectivity index (χ0n) is 14.1. The monoisotopic (exact) mass is 381 g/mol. The number of aryl methyl sites for hydroxylation is 1. The molecule has 1 aromatic rings. The molecule has 0 spiro atoms. The number of nitrogens with zero attached hydrogens (tertiary/aromatic N) is 2. The molecule has 1 aromatic heterocycles. The van der Waals surface area contributed by atoms with Gasteiger partial charge in [0.05, 0.1) is 19.6 Å². The van der Waals surface area contributed by atoms with Crippen molar-refractivity contribution in [2.75, 3.05) is 32.8 Å². The Bertz CT molecular complexity index is 590.